The Bertz CT molecular complexity index is 209. The van der Waals surface area contributed by atoms with E-state index in [2.05, 4.69) is 5.32 Å². The van der Waals surface area contributed by atoms with Crippen molar-refractivity contribution in [3.8, 4) is 0 Å². The molecular formula is C6H8F3NO2S. The van der Waals surface area contributed by atoms with Gasteiger partial charge in [-0.25, -0.2) is 0 Å². The molecule has 3 nitrogen and oxygen atoms in total. The van der Waals surface area contributed by atoms with Crippen LogP contribution >= 0.6 is 11.8 Å². The number of thioether (sulfide) groups is 1. The molecule has 0 aromatic carbocycles. The Morgan fingerprint density at radius 1 is 1.54 bits per heavy atom. The van der Waals surface area contributed by atoms with Crippen LogP contribution < -0.4 is 5.32 Å². The summed E-state index contributed by atoms with van der Waals surface area (Å²) in [6.45, 7) is 0.324. The molecule has 0 aromatic heterocycles. The van der Waals surface area contributed by atoms with Crippen molar-refractivity contribution in [2.75, 3.05) is 6.54 Å². The molecule has 1 fully saturated rings. The zero-order valence-electron chi connectivity index (χ0n) is 6.47. The fourth-order valence-corrected chi connectivity index (χ4v) is 2.15. The fourth-order valence-electron chi connectivity index (χ4n) is 1.22. The lowest BCUT2D eigenvalue weighted by atomic mass is 10.2. The molecule has 0 radical (unpaired) electrons. The van der Waals surface area contributed by atoms with Crippen LogP contribution in [0.2, 0.25) is 0 Å². The third-order valence-corrected chi connectivity index (χ3v) is 2.79. The number of rotatable bonds is 2. The molecule has 0 saturated carbocycles. The van der Waals surface area contributed by atoms with Crippen molar-refractivity contribution in [1.82, 2.24) is 5.32 Å². The van der Waals surface area contributed by atoms with Gasteiger partial charge in [-0.2, -0.15) is 13.2 Å². The number of carboxylic acids is 1. The van der Waals surface area contributed by atoms with E-state index in [1.54, 1.807) is 0 Å². The van der Waals surface area contributed by atoms with E-state index >= 15 is 0 Å². The van der Waals surface area contributed by atoms with Crippen molar-refractivity contribution in [2.45, 2.75) is 23.2 Å². The number of carbonyl (C=O) groups is 1. The highest BCUT2D eigenvalue weighted by Crippen LogP contribution is 2.37. The molecule has 13 heavy (non-hydrogen) atoms. The number of nitrogens with one attached hydrogen (secondary N) is 1. The van der Waals surface area contributed by atoms with Crippen LogP contribution in [-0.2, 0) is 4.79 Å². The summed E-state index contributed by atoms with van der Waals surface area (Å²) in [6.07, 6.45) is 0.237. The first-order chi connectivity index (χ1) is 5.90. The van der Waals surface area contributed by atoms with E-state index in [9.17, 15) is 18.0 Å². The maximum Gasteiger partial charge on any atom is 0.442 e. The average molecular weight is 215 g/mol. The summed E-state index contributed by atoms with van der Waals surface area (Å²) >= 11 is -0.243. The topological polar surface area (TPSA) is 49.3 Å². The number of alkyl halides is 3. The number of aliphatic carboxylic acids is 1. The normalized spacial score (nSPS) is 29.2. The fraction of sp³-hybridized carbons (Fsp3) is 0.833. The van der Waals surface area contributed by atoms with Gasteiger partial charge in [-0.1, -0.05) is 0 Å². The Balaban J connectivity index is 2.54. The highest BCUT2D eigenvalue weighted by Gasteiger charge is 2.41. The molecule has 1 aliphatic heterocycles. The van der Waals surface area contributed by atoms with Crippen molar-refractivity contribution < 1.29 is 23.1 Å². The van der Waals surface area contributed by atoms with Gasteiger partial charge in [0, 0.05) is 5.25 Å². The van der Waals surface area contributed by atoms with Crippen LogP contribution in [-0.4, -0.2) is 34.4 Å². The van der Waals surface area contributed by atoms with Crippen molar-refractivity contribution in [3.05, 3.63) is 0 Å². The van der Waals surface area contributed by atoms with Crippen LogP contribution in [0.1, 0.15) is 6.42 Å². The molecule has 1 rings (SSSR count). The molecule has 1 aliphatic rings. The zero-order chi connectivity index (χ0) is 10.1. The Hall–Kier alpha value is -0.430. The Labute approximate surface area is 76.7 Å². The van der Waals surface area contributed by atoms with Gasteiger partial charge in [0.15, 0.2) is 0 Å². The summed E-state index contributed by atoms with van der Waals surface area (Å²) in [7, 11) is 0. The molecule has 76 valence electrons. The highest BCUT2D eigenvalue weighted by molar-refractivity contribution is 8.00. The highest BCUT2D eigenvalue weighted by atomic mass is 32.2. The van der Waals surface area contributed by atoms with Crippen molar-refractivity contribution >= 4 is 17.7 Å². The summed E-state index contributed by atoms with van der Waals surface area (Å²) in [4.78, 5) is 10.5. The molecule has 0 aromatic rings. The molecular weight excluding hydrogens is 207 g/mol. The Kier molecular flexibility index (Phi) is 3.07. The Morgan fingerprint density at radius 3 is 2.62 bits per heavy atom. The van der Waals surface area contributed by atoms with Crippen LogP contribution in [0.5, 0.6) is 0 Å². The van der Waals surface area contributed by atoms with E-state index in [1.165, 1.54) is 0 Å². The van der Waals surface area contributed by atoms with Crippen LogP contribution in [0.25, 0.3) is 0 Å². The van der Waals surface area contributed by atoms with Crippen LogP contribution in [0.15, 0.2) is 0 Å². The van der Waals surface area contributed by atoms with Gasteiger partial charge < -0.3 is 10.4 Å². The molecule has 1 heterocycles. The summed E-state index contributed by atoms with van der Waals surface area (Å²) in [5, 5.41) is 10.1. The predicted molar refractivity (Wildman–Crippen MR) is 41.5 cm³/mol. The number of halogens is 3. The second kappa shape index (κ2) is 3.75. The largest absolute Gasteiger partial charge is 0.480 e. The van der Waals surface area contributed by atoms with Gasteiger partial charge in [0.1, 0.15) is 6.04 Å². The molecule has 0 unspecified atom stereocenters. The minimum atomic E-state index is -4.36. The zero-order valence-corrected chi connectivity index (χ0v) is 7.28. The van der Waals surface area contributed by atoms with Gasteiger partial charge in [0.05, 0.1) is 0 Å². The van der Waals surface area contributed by atoms with Crippen LogP contribution in [0, 0.1) is 0 Å². The standard InChI is InChI=1S/C6H8F3NO2S/c7-6(8,9)13-3-1-2-10-4(3)5(11)12/h3-4,10H,1-2H2,(H,11,12)/t3-,4-/m0/s1. The first-order valence-corrected chi connectivity index (χ1v) is 4.49. The van der Waals surface area contributed by atoms with E-state index in [4.69, 9.17) is 5.11 Å². The summed E-state index contributed by atoms with van der Waals surface area (Å²) < 4.78 is 35.7. The molecule has 0 aliphatic carbocycles. The van der Waals surface area contributed by atoms with Gasteiger partial charge in [-0.3, -0.25) is 4.79 Å². The van der Waals surface area contributed by atoms with E-state index in [1.807, 2.05) is 0 Å². The quantitative estimate of drug-likeness (QED) is 0.723. The third kappa shape index (κ3) is 3.07. The lowest BCUT2D eigenvalue weighted by Crippen LogP contribution is -2.37. The van der Waals surface area contributed by atoms with E-state index in [0.717, 1.165) is 0 Å². The van der Waals surface area contributed by atoms with E-state index < -0.39 is 22.8 Å². The average Bonchev–Trinajstić information content (AvgIpc) is 2.31. The number of hydrogen-bond acceptors (Lipinski definition) is 3. The molecule has 0 spiro atoms. The number of hydrogen-bond donors (Lipinski definition) is 2. The minimum absolute atomic E-state index is 0.237. The smallest absolute Gasteiger partial charge is 0.442 e. The lowest BCUT2D eigenvalue weighted by molar-refractivity contribution is -0.138. The van der Waals surface area contributed by atoms with Gasteiger partial charge in [0.25, 0.3) is 0 Å². The maximum absolute atomic E-state index is 11.9. The van der Waals surface area contributed by atoms with Gasteiger partial charge >= 0.3 is 11.5 Å². The van der Waals surface area contributed by atoms with Gasteiger partial charge in [-0.15, -0.1) is 0 Å². The van der Waals surface area contributed by atoms with E-state index in [-0.39, 0.29) is 18.2 Å². The van der Waals surface area contributed by atoms with Crippen LogP contribution in [0.4, 0.5) is 13.2 Å². The molecule has 1 saturated heterocycles. The first kappa shape index (κ1) is 10.6. The van der Waals surface area contributed by atoms with Crippen molar-refractivity contribution in [1.29, 1.82) is 0 Å². The second-order valence-electron chi connectivity index (χ2n) is 2.66. The minimum Gasteiger partial charge on any atom is -0.480 e. The third-order valence-electron chi connectivity index (χ3n) is 1.72. The lowest BCUT2D eigenvalue weighted by Gasteiger charge is -2.16. The monoisotopic (exact) mass is 215 g/mol. The van der Waals surface area contributed by atoms with Gasteiger partial charge in [-0.05, 0) is 24.7 Å². The van der Waals surface area contributed by atoms with Crippen molar-refractivity contribution in [3.63, 3.8) is 0 Å². The van der Waals surface area contributed by atoms with Crippen molar-refractivity contribution in [2.24, 2.45) is 0 Å². The second-order valence-corrected chi connectivity index (χ2v) is 3.96. The molecule has 0 amide bonds. The van der Waals surface area contributed by atoms with E-state index in [0.29, 0.717) is 6.54 Å². The SMILES string of the molecule is O=C(O)[C@H]1NCC[C@@H]1SC(F)(F)F. The molecule has 2 atom stereocenters. The van der Waals surface area contributed by atoms with Gasteiger partial charge in [0.2, 0.25) is 0 Å². The summed E-state index contributed by atoms with van der Waals surface area (Å²) in [6, 6.07) is -1.08. The first-order valence-electron chi connectivity index (χ1n) is 3.61. The summed E-state index contributed by atoms with van der Waals surface area (Å²) in [5.41, 5.74) is -4.36. The number of carboxylic acid groups (broad SMARTS) is 1. The maximum atomic E-state index is 11.9. The predicted octanol–water partition coefficient (Wildman–Crippen LogP) is 1.05. The molecule has 7 heteroatoms. The summed E-state index contributed by atoms with van der Waals surface area (Å²) in [5.74, 6) is -1.22. The Morgan fingerprint density at radius 2 is 2.15 bits per heavy atom. The molecule has 2 N–H and O–H groups in total. The van der Waals surface area contributed by atoms with Crippen LogP contribution in [0.3, 0.4) is 0 Å². The molecule has 0 bridgehead atoms.